The molecule has 128 valence electrons. The average molecular weight is 353 g/mol. The normalized spacial score (nSPS) is 11.3. The molecule has 0 saturated heterocycles. The lowest BCUT2D eigenvalue weighted by Crippen LogP contribution is -2.48. The van der Waals surface area contributed by atoms with Gasteiger partial charge in [0, 0.05) is 5.02 Å². The van der Waals surface area contributed by atoms with Crippen LogP contribution in [0.3, 0.4) is 0 Å². The van der Waals surface area contributed by atoms with Gasteiger partial charge in [0.1, 0.15) is 12.1 Å². The summed E-state index contributed by atoms with van der Waals surface area (Å²) < 4.78 is 4.87. The molecule has 0 aliphatic heterocycles. The lowest BCUT2D eigenvalue weighted by atomic mass is 10.1. The number of rotatable bonds is 6. The third-order valence-electron chi connectivity index (χ3n) is 2.94. The van der Waals surface area contributed by atoms with Crippen LogP contribution >= 0.6 is 11.6 Å². The molecule has 0 saturated carbocycles. The second-order valence-electron chi connectivity index (χ2n) is 5.19. The molecular weight excluding hydrogens is 336 g/mol. The summed E-state index contributed by atoms with van der Waals surface area (Å²) in [6, 6.07) is 4.45. The van der Waals surface area contributed by atoms with Crippen LogP contribution < -0.4 is 16.4 Å². The molecule has 0 spiro atoms. The molecule has 0 aliphatic carbocycles. The SMILES string of the molecule is CC(C)[C@H](NC(N)=O)C(=O)OCC(=O)Nc1cc(Cl)ccc1C#N. The third kappa shape index (κ3) is 5.78. The van der Waals surface area contributed by atoms with Crippen molar-refractivity contribution in [2.75, 3.05) is 11.9 Å². The minimum absolute atomic E-state index is 0.210. The van der Waals surface area contributed by atoms with Crippen LogP contribution in [0, 0.1) is 17.2 Å². The highest BCUT2D eigenvalue weighted by molar-refractivity contribution is 6.31. The minimum atomic E-state index is -0.962. The van der Waals surface area contributed by atoms with Crippen LogP contribution in [0.2, 0.25) is 5.02 Å². The molecule has 0 aromatic heterocycles. The van der Waals surface area contributed by atoms with E-state index in [2.05, 4.69) is 10.6 Å². The summed E-state index contributed by atoms with van der Waals surface area (Å²) in [7, 11) is 0. The van der Waals surface area contributed by atoms with E-state index in [-0.39, 0.29) is 17.2 Å². The minimum Gasteiger partial charge on any atom is -0.454 e. The predicted molar refractivity (Wildman–Crippen MR) is 87.1 cm³/mol. The summed E-state index contributed by atoms with van der Waals surface area (Å²) in [4.78, 5) is 34.6. The quantitative estimate of drug-likeness (QED) is 0.665. The molecular formula is C15H17ClN4O4. The van der Waals surface area contributed by atoms with Crippen LogP contribution in [0.25, 0.3) is 0 Å². The van der Waals surface area contributed by atoms with Crippen LogP contribution in [0.4, 0.5) is 10.5 Å². The van der Waals surface area contributed by atoms with Gasteiger partial charge in [0.05, 0.1) is 11.3 Å². The Morgan fingerprint density at radius 2 is 2.04 bits per heavy atom. The fourth-order valence-corrected chi connectivity index (χ4v) is 1.95. The second-order valence-corrected chi connectivity index (χ2v) is 5.62. The first kappa shape index (κ1) is 19.3. The van der Waals surface area contributed by atoms with Crippen LogP contribution in [0.15, 0.2) is 18.2 Å². The number of nitrogens with zero attached hydrogens (tertiary/aromatic N) is 1. The highest BCUT2D eigenvalue weighted by atomic mass is 35.5. The number of primary amides is 1. The van der Waals surface area contributed by atoms with Gasteiger partial charge >= 0.3 is 12.0 Å². The number of ether oxygens (including phenoxy) is 1. The van der Waals surface area contributed by atoms with E-state index in [1.165, 1.54) is 18.2 Å². The molecule has 3 amide bonds. The van der Waals surface area contributed by atoms with Gasteiger partial charge in [-0.25, -0.2) is 9.59 Å². The summed E-state index contributed by atoms with van der Waals surface area (Å²) in [5, 5.41) is 14.0. The van der Waals surface area contributed by atoms with Crippen molar-refractivity contribution in [3.63, 3.8) is 0 Å². The van der Waals surface area contributed by atoms with Gasteiger partial charge in [-0.1, -0.05) is 25.4 Å². The monoisotopic (exact) mass is 352 g/mol. The summed E-state index contributed by atoms with van der Waals surface area (Å²) in [6.45, 7) is 2.79. The summed E-state index contributed by atoms with van der Waals surface area (Å²) in [5.41, 5.74) is 5.42. The van der Waals surface area contributed by atoms with E-state index < -0.39 is 30.6 Å². The van der Waals surface area contributed by atoms with Crippen LogP contribution in [-0.4, -0.2) is 30.6 Å². The Bertz CT molecular complexity index is 685. The zero-order valence-electron chi connectivity index (χ0n) is 13.1. The zero-order chi connectivity index (χ0) is 18.3. The van der Waals surface area contributed by atoms with Crippen molar-refractivity contribution in [2.24, 2.45) is 11.7 Å². The summed E-state index contributed by atoms with van der Waals surface area (Å²) in [6.07, 6.45) is 0. The van der Waals surface area contributed by atoms with Gasteiger partial charge in [-0.15, -0.1) is 0 Å². The lowest BCUT2D eigenvalue weighted by molar-refractivity contribution is -0.150. The molecule has 4 N–H and O–H groups in total. The average Bonchev–Trinajstić information content (AvgIpc) is 2.50. The van der Waals surface area contributed by atoms with Crippen LogP contribution in [-0.2, 0) is 14.3 Å². The van der Waals surface area contributed by atoms with Crippen molar-refractivity contribution < 1.29 is 19.1 Å². The first-order valence-electron chi connectivity index (χ1n) is 6.96. The maximum atomic E-state index is 11.9. The van der Waals surface area contributed by atoms with Gasteiger partial charge in [0.2, 0.25) is 0 Å². The van der Waals surface area contributed by atoms with Gasteiger partial charge in [0.25, 0.3) is 5.91 Å². The van der Waals surface area contributed by atoms with Crippen LogP contribution in [0.5, 0.6) is 0 Å². The van der Waals surface area contributed by atoms with Gasteiger partial charge < -0.3 is 21.1 Å². The van der Waals surface area contributed by atoms with Gasteiger partial charge in [-0.3, -0.25) is 4.79 Å². The van der Waals surface area contributed by atoms with E-state index >= 15 is 0 Å². The van der Waals surface area contributed by atoms with Gasteiger partial charge in [-0.2, -0.15) is 5.26 Å². The van der Waals surface area contributed by atoms with Gasteiger partial charge in [-0.05, 0) is 24.1 Å². The number of anilines is 1. The van der Waals surface area contributed by atoms with Crippen molar-refractivity contribution in [2.45, 2.75) is 19.9 Å². The molecule has 9 heteroatoms. The number of nitrogens with one attached hydrogen (secondary N) is 2. The molecule has 0 unspecified atom stereocenters. The van der Waals surface area contributed by atoms with Crippen LogP contribution in [0.1, 0.15) is 19.4 Å². The van der Waals surface area contributed by atoms with Crippen molar-refractivity contribution in [3.8, 4) is 6.07 Å². The number of amides is 3. The standard InChI is InChI=1S/C15H17ClN4O4/c1-8(2)13(20-15(18)23)14(22)24-7-12(21)19-11-5-10(16)4-3-9(11)6-17/h3-5,8,13H,7H2,1-2H3,(H,19,21)(H3,18,20,23)/t13-/m0/s1. The Hall–Kier alpha value is -2.79. The number of carbonyl (C=O) groups is 3. The second kappa shape index (κ2) is 8.74. The maximum absolute atomic E-state index is 11.9. The number of hydrogen-bond acceptors (Lipinski definition) is 5. The number of benzene rings is 1. The van der Waals surface area contributed by atoms with E-state index in [0.717, 1.165) is 0 Å². The molecule has 1 rings (SSSR count). The Morgan fingerprint density at radius 1 is 1.38 bits per heavy atom. The molecule has 1 aromatic rings. The molecule has 0 heterocycles. The lowest BCUT2D eigenvalue weighted by Gasteiger charge is -2.19. The largest absolute Gasteiger partial charge is 0.454 e. The number of esters is 1. The molecule has 0 radical (unpaired) electrons. The molecule has 0 fully saturated rings. The molecule has 24 heavy (non-hydrogen) atoms. The van der Waals surface area contributed by atoms with E-state index in [1.807, 2.05) is 6.07 Å². The number of halogens is 1. The summed E-state index contributed by atoms with van der Waals surface area (Å²) >= 11 is 5.81. The van der Waals surface area contributed by atoms with Crippen molar-refractivity contribution >= 4 is 35.2 Å². The molecule has 1 aromatic carbocycles. The van der Waals surface area contributed by atoms with E-state index in [9.17, 15) is 14.4 Å². The molecule has 1 atom stereocenters. The van der Waals surface area contributed by atoms with E-state index in [4.69, 9.17) is 27.3 Å². The summed E-state index contributed by atoms with van der Waals surface area (Å²) in [5.74, 6) is -1.71. The number of nitriles is 1. The number of hydrogen-bond donors (Lipinski definition) is 3. The molecule has 0 aliphatic rings. The predicted octanol–water partition coefficient (Wildman–Crippen LogP) is 1.39. The Labute approximate surface area is 143 Å². The number of urea groups is 1. The van der Waals surface area contributed by atoms with Gasteiger partial charge in [0.15, 0.2) is 6.61 Å². The van der Waals surface area contributed by atoms with E-state index in [0.29, 0.717) is 5.02 Å². The fourth-order valence-electron chi connectivity index (χ4n) is 1.78. The first-order chi connectivity index (χ1) is 11.2. The van der Waals surface area contributed by atoms with E-state index in [1.54, 1.807) is 13.8 Å². The Morgan fingerprint density at radius 3 is 2.58 bits per heavy atom. The fraction of sp³-hybridized carbons (Fsp3) is 0.333. The topological polar surface area (TPSA) is 134 Å². The highest BCUT2D eigenvalue weighted by Crippen LogP contribution is 2.20. The zero-order valence-corrected chi connectivity index (χ0v) is 13.9. The highest BCUT2D eigenvalue weighted by Gasteiger charge is 2.25. The smallest absolute Gasteiger partial charge is 0.329 e. The third-order valence-corrected chi connectivity index (χ3v) is 3.18. The van der Waals surface area contributed by atoms with Crippen molar-refractivity contribution in [1.29, 1.82) is 5.26 Å². The number of carbonyl (C=O) groups excluding carboxylic acids is 3. The molecule has 0 bridgehead atoms. The van der Waals surface area contributed by atoms with Crippen molar-refractivity contribution in [3.05, 3.63) is 28.8 Å². The number of nitrogens with two attached hydrogens (primary N) is 1. The first-order valence-corrected chi connectivity index (χ1v) is 7.34. The Balaban J connectivity index is 2.66. The molecule has 8 nitrogen and oxygen atoms in total. The maximum Gasteiger partial charge on any atom is 0.329 e. The van der Waals surface area contributed by atoms with Crippen molar-refractivity contribution in [1.82, 2.24) is 5.32 Å². The Kier molecular flexibility index (Phi) is 7.01.